The molecule has 18 heavy (non-hydrogen) atoms. The zero-order valence-corrected chi connectivity index (χ0v) is 8.73. The molecule has 1 N–H and O–H groups in total. The van der Waals surface area contributed by atoms with Gasteiger partial charge in [-0.3, -0.25) is 25.0 Å². The smallest absolute Gasteiger partial charge is 0.417 e. The van der Waals surface area contributed by atoms with Crippen LogP contribution in [-0.4, -0.2) is 46.6 Å². The van der Waals surface area contributed by atoms with E-state index in [4.69, 9.17) is 0 Å². The lowest BCUT2D eigenvalue weighted by Gasteiger charge is -2.05. The Balaban J connectivity index is 2.01. The van der Waals surface area contributed by atoms with Gasteiger partial charge in [0, 0.05) is 6.08 Å². The minimum atomic E-state index is -1.78. The fourth-order valence-electron chi connectivity index (χ4n) is 1.30. The van der Waals surface area contributed by atoms with E-state index in [1.54, 1.807) is 0 Å². The Kier molecular flexibility index (Phi) is 2.75. The average molecular weight is 254 g/mol. The number of carbonyl (C=O) groups excluding carboxylic acids is 3. The van der Waals surface area contributed by atoms with Gasteiger partial charge in [-0.05, 0) is 0 Å². The summed E-state index contributed by atoms with van der Waals surface area (Å²) in [5, 5.41) is 16.7. The van der Waals surface area contributed by atoms with Crippen molar-refractivity contribution < 1.29 is 24.0 Å². The van der Waals surface area contributed by atoms with E-state index in [2.05, 4.69) is 9.84 Å². The van der Waals surface area contributed by atoms with Crippen molar-refractivity contribution in [3.8, 4) is 0 Å². The molecule has 0 radical (unpaired) electrons. The van der Waals surface area contributed by atoms with Crippen LogP contribution in [0.1, 0.15) is 0 Å². The molecule has 2 aliphatic heterocycles. The zero-order valence-electron chi connectivity index (χ0n) is 8.73. The molecule has 94 valence electrons. The molecule has 1 saturated heterocycles. The summed E-state index contributed by atoms with van der Waals surface area (Å²) >= 11 is 0. The molecule has 0 aromatic heterocycles. The number of urea groups is 1. The molecule has 3 amide bonds. The number of nitro groups is 1. The van der Waals surface area contributed by atoms with Crippen molar-refractivity contribution in [1.29, 1.82) is 0 Å². The lowest BCUT2D eigenvalue weighted by molar-refractivity contribution is -0.550. The van der Waals surface area contributed by atoms with Crippen molar-refractivity contribution >= 4 is 23.9 Å². The van der Waals surface area contributed by atoms with E-state index in [0.717, 1.165) is 17.3 Å². The van der Waals surface area contributed by atoms with Gasteiger partial charge < -0.3 is 4.74 Å². The van der Waals surface area contributed by atoms with Gasteiger partial charge in [0.15, 0.2) is 5.76 Å². The highest BCUT2D eigenvalue weighted by Crippen LogP contribution is 2.13. The van der Waals surface area contributed by atoms with E-state index >= 15 is 0 Å². The van der Waals surface area contributed by atoms with Crippen molar-refractivity contribution in [3.05, 3.63) is 21.9 Å². The van der Waals surface area contributed by atoms with E-state index in [1.807, 2.05) is 5.32 Å². The van der Waals surface area contributed by atoms with Gasteiger partial charge in [-0.25, -0.2) is 9.80 Å². The number of nitrogens with one attached hydrogen (secondary N) is 1. The quantitative estimate of drug-likeness (QED) is 0.285. The second-order valence-corrected chi connectivity index (χ2v) is 3.36. The predicted molar refractivity (Wildman–Crippen MR) is 53.7 cm³/mol. The van der Waals surface area contributed by atoms with Gasteiger partial charge in [-0.1, -0.05) is 0 Å². The van der Waals surface area contributed by atoms with Crippen LogP contribution in [0.15, 0.2) is 16.9 Å². The fourth-order valence-corrected chi connectivity index (χ4v) is 1.30. The van der Waals surface area contributed by atoms with Crippen molar-refractivity contribution in [1.82, 2.24) is 10.3 Å². The van der Waals surface area contributed by atoms with Gasteiger partial charge in [-0.15, -0.1) is 0 Å². The van der Waals surface area contributed by atoms with Gasteiger partial charge in [0.05, 0.1) is 11.1 Å². The molecular formula is C8H6N4O6. The summed E-state index contributed by atoms with van der Waals surface area (Å²) in [7, 11) is 0. The first kappa shape index (κ1) is 11.7. The number of ketones is 1. The Morgan fingerprint density at radius 1 is 1.56 bits per heavy atom. The molecule has 10 nitrogen and oxygen atoms in total. The number of hydrogen-bond donors (Lipinski definition) is 1. The molecule has 0 unspecified atom stereocenters. The van der Waals surface area contributed by atoms with E-state index in [9.17, 15) is 24.5 Å². The molecule has 1 fully saturated rings. The first-order valence-electron chi connectivity index (χ1n) is 4.68. The maximum absolute atomic E-state index is 11.1. The van der Waals surface area contributed by atoms with Crippen molar-refractivity contribution in [3.63, 3.8) is 0 Å². The standard InChI is InChI=1S/C8H6N4O6/c13-5-1-4(18-7(5)12(16)17)2-9-11-3-6(14)10-8(11)15/h1-2,7H,3H2,(H,10,14,15)/b9-2-/t7-/m0/s1. The normalized spacial score (nSPS) is 23.3. The van der Waals surface area contributed by atoms with E-state index in [-0.39, 0.29) is 12.3 Å². The molecule has 0 aromatic rings. The van der Waals surface area contributed by atoms with Crippen LogP contribution in [-0.2, 0) is 14.3 Å². The highest BCUT2D eigenvalue weighted by Gasteiger charge is 2.36. The van der Waals surface area contributed by atoms with Crippen LogP contribution in [0.5, 0.6) is 0 Å². The van der Waals surface area contributed by atoms with Gasteiger partial charge >= 0.3 is 12.3 Å². The summed E-state index contributed by atoms with van der Waals surface area (Å²) in [6.07, 6.45) is 0.0762. The minimum absolute atomic E-state index is 0.145. The largest absolute Gasteiger partial charge is 0.422 e. The van der Waals surface area contributed by atoms with Crippen LogP contribution >= 0.6 is 0 Å². The van der Waals surface area contributed by atoms with Crippen LogP contribution < -0.4 is 5.32 Å². The summed E-state index contributed by atoms with van der Waals surface area (Å²) in [4.78, 5) is 42.5. The van der Waals surface area contributed by atoms with Crippen molar-refractivity contribution in [2.75, 3.05) is 6.54 Å². The third kappa shape index (κ3) is 2.16. The molecule has 2 aliphatic rings. The maximum Gasteiger partial charge on any atom is 0.417 e. The van der Waals surface area contributed by atoms with E-state index < -0.39 is 28.9 Å². The van der Waals surface area contributed by atoms with Crippen LogP contribution in [0.4, 0.5) is 4.79 Å². The number of amides is 3. The molecule has 2 heterocycles. The third-order valence-electron chi connectivity index (χ3n) is 2.07. The second-order valence-electron chi connectivity index (χ2n) is 3.36. The number of allylic oxidation sites excluding steroid dienone is 1. The van der Waals surface area contributed by atoms with Crippen LogP contribution in [0.25, 0.3) is 0 Å². The Morgan fingerprint density at radius 2 is 2.28 bits per heavy atom. The molecule has 0 spiro atoms. The highest BCUT2D eigenvalue weighted by atomic mass is 16.7. The first-order chi connectivity index (χ1) is 8.47. The summed E-state index contributed by atoms with van der Waals surface area (Å²) in [6, 6.07) is -0.716. The Bertz CT molecular complexity index is 510. The van der Waals surface area contributed by atoms with E-state index in [0.29, 0.717) is 0 Å². The van der Waals surface area contributed by atoms with Crippen molar-refractivity contribution in [2.24, 2.45) is 5.10 Å². The van der Waals surface area contributed by atoms with Crippen LogP contribution in [0.2, 0.25) is 0 Å². The molecule has 2 rings (SSSR count). The average Bonchev–Trinajstić information content (AvgIpc) is 2.79. The molecular weight excluding hydrogens is 248 g/mol. The number of imide groups is 1. The molecule has 0 saturated carbocycles. The lowest BCUT2D eigenvalue weighted by Crippen LogP contribution is -2.26. The zero-order chi connectivity index (χ0) is 13.3. The number of carbonyl (C=O) groups is 3. The fraction of sp³-hybridized carbons (Fsp3) is 0.250. The van der Waals surface area contributed by atoms with Gasteiger partial charge in [-0.2, -0.15) is 5.10 Å². The summed E-state index contributed by atoms with van der Waals surface area (Å²) in [5.41, 5.74) is 0. The third-order valence-corrected chi connectivity index (χ3v) is 2.07. The van der Waals surface area contributed by atoms with Gasteiger partial charge in [0.25, 0.3) is 5.78 Å². The van der Waals surface area contributed by atoms with Crippen LogP contribution in [0.3, 0.4) is 0 Å². The number of rotatable bonds is 3. The molecule has 1 atom stereocenters. The monoisotopic (exact) mass is 254 g/mol. The maximum atomic E-state index is 11.1. The van der Waals surface area contributed by atoms with Crippen molar-refractivity contribution in [2.45, 2.75) is 6.23 Å². The first-order valence-corrected chi connectivity index (χ1v) is 4.68. The minimum Gasteiger partial charge on any atom is -0.422 e. The number of ether oxygens (including phenoxy) is 1. The predicted octanol–water partition coefficient (Wildman–Crippen LogP) is -1.39. The van der Waals surface area contributed by atoms with E-state index in [1.165, 1.54) is 0 Å². The SMILES string of the molecule is O=C1CN(/N=C\C2=CC(=O)[C@@H]([N+](=O)[O-])O2)C(=O)N1. The topological polar surface area (TPSA) is 131 Å². The molecule has 0 aromatic carbocycles. The Labute approximate surface area is 99.0 Å². The molecule has 0 aliphatic carbocycles. The Morgan fingerprint density at radius 3 is 2.78 bits per heavy atom. The molecule has 0 bridgehead atoms. The lowest BCUT2D eigenvalue weighted by atomic mass is 10.3. The number of nitrogens with zero attached hydrogens (tertiary/aromatic N) is 3. The molecule has 10 heteroatoms. The summed E-state index contributed by atoms with van der Waals surface area (Å²) < 4.78 is 4.68. The highest BCUT2D eigenvalue weighted by molar-refractivity contribution is 6.03. The van der Waals surface area contributed by atoms with Gasteiger partial charge in [0.2, 0.25) is 5.91 Å². The second kappa shape index (κ2) is 4.24. The number of hydrazone groups is 1. The summed E-state index contributed by atoms with van der Waals surface area (Å²) in [5.74, 6) is -1.48. The Hall–Kier alpha value is -2.78. The number of hydrogen-bond acceptors (Lipinski definition) is 7. The van der Waals surface area contributed by atoms with Crippen LogP contribution in [0, 0.1) is 10.1 Å². The summed E-state index contributed by atoms with van der Waals surface area (Å²) in [6.45, 7) is -0.255. The van der Waals surface area contributed by atoms with Gasteiger partial charge in [0.1, 0.15) is 6.54 Å².